The molecule has 19 heavy (non-hydrogen) atoms. The maximum atomic E-state index is 5.90. The second kappa shape index (κ2) is 5.87. The molecule has 4 nitrogen and oxygen atoms in total. The molecule has 0 spiro atoms. The van der Waals surface area contributed by atoms with Crippen molar-refractivity contribution in [1.29, 1.82) is 0 Å². The molecule has 0 radical (unpaired) electrons. The summed E-state index contributed by atoms with van der Waals surface area (Å²) < 4.78 is 0. The molecule has 2 unspecified atom stereocenters. The standard InChI is InChI=1S/C15H24N4/c16-8-11-4-1-2-5-12(11)9-17-15-13-6-3-7-14(13)18-10-19-15/h10-12H,1-9,16H2,(H,17,18,19). The third kappa shape index (κ3) is 2.73. The lowest BCUT2D eigenvalue weighted by Crippen LogP contribution is -2.31. The Morgan fingerprint density at radius 1 is 1.11 bits per heavy atom. The minimum atomic E-state index is 0.691. The topological polar surface area (TPSA) is 63.8 Å². The van der Waals surface area contributed by atoms with E-state index in [0.717, 1.165) is 31.7 Å². The zero-order valence-electron chi connectivity index (χ0n) is 11.6. The molecule has 4 heteroatoms. The Labute approximate surface area is 115 Å². The van der Waals surface area contributed by atoms with Crippen LogP contribution in [0.3, 0.4) is 0 Å². The molecule has 2 aliphatic carbocycles. The number of nitrogens with two attached hydrogens (primary N) is 1. The van der Waals surface area contributed by atoms with Gasteiger partial charge in [0.1, 0.15) is 12.1 Å². The van der Waals surface area contributed by atoms with Crippen LogP contribution in [-0.4, -0.2) is 23.1 Å². The largest absolute Gasteiger partial charge is 0.369 e. The molecule has 2 atom stereocenters. The Kier molecular flexibility index (Phi) is 3.97. The van der Waals surface area contributed by atoms with E-state index in [2.05, 4.69) is 15.3 Å². The number of hydrogen-bond acceptors (Lipinski definition) is 4. The Hall–Kier alpha value is -1.16. The highest BCUT2D eigenvalue weighted by Gasteiger charge is 2.24. The average Bonchev–Trinajstić information content (AvgIpc) is 2.94. The van der Waals surface area contributed by atoms with Crippen molar-refractivity contribution in [3.63, 3.8) is 0 Å². The molecule has 0 saturated heterocycles. The second-order valence-electron chi connectivity index (χ2n) is 5.92. The van der Waals surface area contributed by atoms with Crippen molar-refractivity contribution >= 4 is 5.82 Å². The maximum absolute atomic E-state index is 5.90. The Bertz CT molecular complexity index is 432. The SMILES string of the molecule is NCC1CCCCC1CNc1ncnc2c1CCC2. The van der Waals surface area contributed by atoms with Crippen molar-refractivity contribution in [2.75, 3.05) is 18.4 Å². The van der Waals surface area contributed by atoms with E-state index >= 15 is 0 Å². The number of nitrogens with zero attached hydrogens (tertiary/aromatic N) is 2. The van der Waals surface area contributed by atoms with Gasteiger partial charge < -0.3 is 11.1 Å². The highest BCUT2D eigenvalue weighted by Crippen LogP contribution is 2.30. The smallest absolute Gasteiger partial charge is 0.132 e. The quantitative estimate of drug-likeness (QED) is 0.870. The van der Waals surface area contributed by atoms with Gasteiger partial charge in [0, 0.05) is 17.8 Å². The second-order valence-corrected chi connectivity index (χ2v) is 5.92. The number of aromatic nitrogens is 2. The van der Waals surface area contributed by atoms with E-state index in [0.29, 0.717) is 11.8 Å². The third-order valence-electron chi connectivity index (χ3n) is 4.78. The number of anilines is 1. The van der Waals surface area contributed by atoms with Gasteiger partial charge in [0.2, 0.25) is 0 Å². The van der Waals surface area contributed by atoms with E-state index in [9.17, 15) is 0 Å². The summed E-state index contributed by atoms with van der Waals surface area (Å²) in [7, 11) is 0. The molecule has 0 aliphatic heterocycles. The lowest BCUT2D eigenvalue weighted by molar-refractivity contribution is 0.255. The fourth-order valence-electron chi connectivity index (χ4n) is 3.60. The third-order valence-corrected chi connectivity index (χ3v) is 4.78. The summed E-state index contributed by atoms with van der Waals surface area (Å²) in [6, 6.07) is 0. The molecular formula is C15H24N4. The maximum Gasteiger partial charge on any atom is 0.132 e. The first kappa shape index (κ1) is 12.9. The Morgan fingerprint density at radius 3 is 2.79 bits per heavy atom. The van der Waals surface area contributed by atoms with Gasteiger partial charge in [0.15, 0.2) is 0 Å². The first-order valence-corrected chi connectivity index (χ1v) is 7.65. The summed E-state index contributed by atoms with van der Waals surface area (Å²) >= 11 is 0. The zero-order valence-corrected chi connectivity index (χ0v) is 11.6. The molecule has 0 aromatic carbocycles. The van der Waals surface area contributed by atoms with Crippen LogP contribution in [0.25, 0.3) is 0 Å². The van der Waals surface area contributed by atoms with Gasteiger partial charge >= 0.3 is 0 Å². The lowest BCUT2D eigenvalue weighted by atomic mass is 9.79. The fourth-order valence-corrected chi connectivity index (χ4v) is 3.60. The summed E-state index contributed by atoms with van der Waals surface area (Å²) in [5.41, 5.74) is 8.50. The minimum Gasteiger partial charge on any atom is -0.369 e. The summed E-state index contributed by atoms with van der Waals surface area (Å²) in [5, 5.41) is 3.57. The van der Waals surface area contributed by atoms with Gasteiger partial charge in [0.25, 0.3) is 0 Å². The molecule has 1 aromatic rings. The number of rotatable bonds is 4. The van der Waals surface area contributed by atoms with Crippen LogP contribution in [0.1, 0.15) is 43.4 Å². The van der Waals surface area contributed by atoms with E-state index in [4.69, 9.17) is 5.73 Å². The van der Waals surface area contributed by atoms with Crippen LogP contribution in [0.2, 0.25) is 0 Å². The van der Waals surface area contributed by atoms with Gasteiger partial charge in [-0.15, -0.1) is 0 Å². The van der Waals surface area contributed by atoms with Crippen LogP contribution < -0.4 is 11.1 Å². The van der Waals surface area contributed by atoms with Gasteiger partial charge in [0.05, 0.1) is 0 Å². The fraction of sp³-hybridized carbons (Fsp3) is 0.733. The van der Waals surface area contributed by atoms with Crippen molar-refractivity contribution in [1.82, 2.24) is 9.97 Å². The molecule has 0 amide bonds. The zero-order chi connectivity index (χ0) is 13.1. The van der Waals surface area contributed by atoms with Crippen LogP contribution in [-0.2, 0) is 12.8 Å². The highest BCUT2D eigenvalue weighted by atomic mass is 15.0. The summed E-state index contributed by atoms with van der Waals surface area (Å²) in [6.07, 6.45) is 10.5. The van der Waals surface area contributed by atoms with E-state index in [1.807, 2.05) is 0 Å². The Balaban J connectivity index is 1.64. The van der Waals surface area contributed by atoms with Crippen molar-refractivity contribution < 1.29 is 0 Å². The molecule has 0 bridgehead atoms. The van der Waals surface area contributed by atoms with Gasteiger partial charge in [-0.1, -0.05) is 12.8 Å². The van der Waals surface area contributed by atoms with Gasteiger partial charge in [-0.25, -0.2) is 9.97 Å². The van der Waals surface area contributed by atoms with Crippen LogP contribution in [0.15, 0.2) is 6.33 Å². The predicted molar refractivity (Wildman–Crippen MR) is 77.0 cm³/mol. The number of fused-ring (bicyclic) bond motifs is 1. The summed E-state index contributed by atoms with van der Waals surface area (Å²) in [5.74, 6) is 2.48. The Morgan fingerprint density at radius 2 is 1.95 bits per heavy atom. The van der Waals surface area contributed by atoms with Gasteiger partial charge in [-0.3, -0.25) is 0 Å². The van der Waals surface area contributed by atoms with Crippen molar-refractivity contribution in [3.05, 3.63) is 17.6 Å². The molecule has 3 rings (SSSR count). The van der Waals surface area contributed by atoms with Crippen molar-refractivity contribution in [2.45, 2.75) is 44.9 Å². The lowest BCUT2D eigenvalue weighted by Gasteiger charge is -2.31. The molecule has 1 fully saturated rings. The first-order chi connectivity index (χ1) is 9.38. The van der Waals surface area contributed by atoms with E-state index < -0.39 is 0 Å². The number of hydrogen-bond donors (Lipinski definition) is 2. The normalized spacial score (nSPS) is 26.2. The minimum absolute atomic E-state index is 0.691. The molecule has 2 aliphatic rings. The number of aryl methyl sites for hydroxylation is 1. The van der Waals surface area contributed by atoms with Crippen LogP contribution in [0, 0.1) is 11.8 Å². The summed E-state index contributed by atoms with van der Waals surface area (Å²) in [6.45, 7) is 1.85. The molecule has 104 valence electrons. The monoisotopic (exact) mass is 260 g/mol. The van der Waals surface area contributed by atoms with Crippen LogP contribution >= 0.6 is 0 Å². The average molecular weight is 260 g/mol. The molecule has 1 saturated carbocycles. The molecule has 3 N–H and O–H groups in total. The first-order valence-electron chi connectivity index (χ1n) is 7.65. The highest BCUT2D eigenvalue weighted by molar-refractivity contribution is 5.47. The summed E-state index contributed by atoms with van der Waals surface area (Å²) in [4.78, 5) is 8.81. The molecule has 1 heterocycles. The van der Waals surface area contributed by atoms with Gasteiger partial charge in [-0.05, 0) is 50.5 Å². The number of nitrogens with one attached hydrogen (secondary N) is 1. The van der Waals surface area contributed by atoms with Crippen LogP contribution in [0.5, 0.6) is 0 Å². The molecule has 1 aromatic heterocycles. The van der Waals surface area contributed by atoms with Gasteiger partial charge in [-0.2, -0.15) is 0 Å². The van der Waals surface area contributed by atoms with E-state index in [-0.39, 0.29) is 0 Å². The van der Waals surface area contributed by atoms with E-state index in [1.54, 1.807) is 6.33 Å². The van der Waals surface area contributed by atoms with Crippen molar-refractivity contribution in [2.24, 2.45) is 17.6 Å². The predicted octanol–water partition coefficient (Wildman–Crippen LogP) is 2.14. The van der Waals surface area contributed by atoms with E-state index in [1.165, 1.54) is 43.4 Å². The van der Waals surface area contributed by atoms with Crippen molar-refractivity contribution in [3.8, 4) is 0 Å². The van der Waals surface area contributed by atoms with Crippen LogP contribution in [0.4, 0.5) is 5.82 Å². The molecular weight excluding hydrogens is 236 g/mol.